The van der Waals surface area contributed by atoms with Gasteiger partial charge < -0.3 is 21.3 Å². The van der Waals surface area contributed by atoms with Gasteiger partial charge in [-0.15, -0.1) is 13.2 Å². The number of aliphatic hydroxyl groups is 1. The third-order valence-electron chi connectivity index (χ3n) is 1.76. The van der Waals surface area contributed by atoms with Crippen molar-refractivity contribution in [2.45, 2.75) is 19.5 Å². The molecule has 0 aliphatic heterocycles. The molecule has 0 saturated carbocycles. The van der Waals surface area contributed by atoms with Crippen LogP contribution in [-0.2, 0) is 13.2 Å². The molecule has 1 aromatic heterocycles. The SMILES string of the molecule is NCc1nc(N)c(CO)cc1OC(F)(F)F. The van der Waals surface area contributed by atoms with Crippen LogP contribution in [0.5, 0.6) is 5.75 Å². The third kappa shape index (κ3) is 2.97. The van der Waals surface area contributed by atoms with Crippen LogP contribution in [0.3, 0.4) is 0 Å². The fourth-order valence-corrected chi connectivity index (χ4v) is 1.07. The van der Waals surface area contributed by atoms with Crippen molar-refractivity contribution in [3.8, 4) is 5.75 Å². The summed E-state index contributed by atoms with van der Waals surface area (Å²) >= 11 is 0. The summed E-state index contributed by atoms with van der Waals surface area (Å²) in [6, 6.07) is 0.970. The summed E-state index contributed by atoms with van der Waals surface area (Å²) in [5, 5.41) is 8.82. The number of hydrogen-bond donors (Lipinski definition) is 3. The zero-order valence-corrected chi connectivity index (χ0v) is 8.08. The van der Waals surface area contributed by atoms with Crippen LogP contribution < -0.4 is 16.2 Å². The minimum Gasteiger partial charge on any atom is -0.404 e. The second-order valence-corrected chi connectivity index (χ2v) is 2.89. The van der Waals surface area contributed by atoms with Crippen molar-refractivity contribution >= 4 is 5.82 Å². The molecule has 0 aliphatic carbocycles. The molecule has 0 unspecified atom stereocenters. The maximum atomic E-state index is 12.0. The Labute approximate surface area is 88.8 Å². The van der Waals surface area contributed by atoms with Crippen LogP contribution in [0.25, 0.3) is 0 Å². The molecule has 0 aromatic carbocycles. The quantitative estimate of drug-likeness (QED) is 0.712. The van der Waals surface area contributed by atoms with E-state index in [1.165, 1.54) is 0 Å². The first kappa shape index (κ1) is 12.5. The van der Waals surface area contributed by atoms with Crippen LogP contribution >= 0.6 is 0 Å². The first-order chi connectivity index (χ1) is 7.37. The number of aliphatic hydroxyl groups excluding tert-OH is 1. The summed E-state index contributed by atoms with van der Waals surface area (Å²) < 4.78 is 39.7. The molecular formula is C8H10F3N3O2. The number of aromatic nitrogens is 1. The van der Waals surface area contributed by atoms with E-state index in [1.54, 1.807) is 0 Å². The van der Waals surface area contributed by atoms with Gasteiger partial charge in [0.2, 0.25) is 0 Å². The lowest BCUT2D eigenvalue weighted by atomic mass is 10.2. The van der Waals surface area contributed by atoms with E-state index in [-0.39, 0.29) is 23.6 Å². The van der Waals surface area contributed by atoms with Crippen LogP contribution in [0.4, 0.5) is 19.0 Å². The molecule has 0 spiro atoms. The molecule has 1 aromatic rings. The summed E-state index contributed by atoms with van der Waals surface area (Å²) in [7, 11) is 0. The van der Waals surface area contributed by atoms with Gasteiger partial charge >= 0.3 is 6.36 Å². The Balaban J connectivity index is 3.15. The van der Waals surface area contributed by atoms with E-state index in [2.05, 4.69) is 9.72 Å². The number of rotatable bonds is 3. The standard InChI is InChI=1S/C8H10F3N3O2/c9-8(10,11)16-6-1-4(3-15)7(13)14-5(6)2-12/h1,15H,2-3,12H2,(H2,13,14). The number of nitrogen functional groups attached to an aromatic ring is 1. The van der Waals surface area contributed by atoms with Crippen molar-refractivity contribution in [1.82, 2.24) is 4.98 Å². The van der Waals surface area contributed by atoms with Gasteiger partial charge in [-0.05, 0) is 6.07 Å². The number of pyridine rings is 1. The monoisotopic (exact) mass is 237 g/mol. The first-order valence-electron chi connectivity index (χ1n) is 4.22. The Morgan fingerprint density at radius 2 is 2.06 bits per heavy atom. The van der Waals surface area contributed by atoms with Gasteiger partial charge in [0.1, 0.15) is 5.82 Å². The van der Waals surface area contributed by atoms with E-state index in [4.69, 9.17) is 16.6 Å². The van der Waals surface area contributed by atoms with Crippen molar-refractivity contribution in [2.24, 2.45) is 5.73 Å². The molecular weight excluding hydrogens is 227 g/mol. The molecule has 0 amide bonds. The Morgan fingerprint density at radius 1 is 1.44 bits per heavy atom. The second kappa shape index (κ2) is 4.54. The predicted octanol–water partition coefficient (Wildman–Crippen LogP) is 0.513. The van der Waals surface area contributed by atoms with E-state index in [1.807, 2.05) is 0 Å². The molecule has 1 rings (SSSR count). The number of hydrogen-bond acceptors (Lipinski definition) is 5. The van der Waals surface area contributed by atoms with Crippen LogP contribution in [0, 0.1) is 0 Å². The highest BCUT2D eigenvalue weighted by atomic mass is 19.4. The molecule has 0 bridgehead atoms. The van der Waals surface area contributed by atoms with Gasteiger partial charge in [-0.25, -0.2) is 4.98 Å². The molecule has 0 saturated heterocycles. The van der Waals surface area contributed by atoms with Crippen LogP contribution in [0.2, 0.25) is 0 Å². The molecule has 90 valence electrons. The molecule has 16 heavy (non-hydrogen) atoms. The molecule has 8 heteroatoms. The van der Waals surface area contributed by atoms with Gasteiger partial charge in [0.15, 0.2) is 5.75 Å². The highest BCUT2D eigenvalue weighted by Crippen LogP contribution is 2.28. The number of alkyl halides is 3. The van der Waals surface area contributed by atoms with Crippen molar-refractivity contribution in [1.29, 1.82) is 0 Å². The summed E-state index contributed by atoms with van der Waals surface area (Å²) in [5.41, 5.74) is 10.5. The topological polar surface area (TPSA) is 94.4 Å². The van der Waals surface area contributed by atoms with Gasteiger partial charge in [-0.2, -0.15) is 0 Å². The second-order valence-electron chi connectivity index (χ2n) is 2.89. The van der Waals surface area contributed by atoms with E-state index in [0.29, 0.717) is 0 Å². The van der Waals surface area contributed by atoms with Gasteiger partial charge in [0, 0.05) is 12.1 Å². The maximum absolute atomic E-state index is 12.0. The summed E-state index contributed by atoms with van der Waals surface area (Å²) in [6.45, 7) is -0.779. The Hall–Kier alpha value is -1.54. The average Bonchev–Trinajstić information content (AvgIpc) is 2.18. The fraction of sp³-hybridized carbons (Fsp3) is 0.375. The van der Waals surface area contributed by atoms with E-state index < -0.39 is 18.7 Å². The number of nitrogens with two attached hydrogens (primary N) is 2. The minimum atomic E-state index is -4.84. The van der Waals surface area contributed by atoms with Gasteiger partial charge in [-0.1, -0.05) is 0 Å². The lowest BCUT2D eigenvalue weighted by Crippen LogP contribution is -2.20. The van der Waals surface area contributed by atoms with Crippen LogP contribution in [0.1, 0.15) is 11.3 Å². The van der Waals surface area contributed by atoms with Crippen molar-refractivity contribution in [3.63, 3.8) is 0 Å². The fourth-order valence-electron chi connectivity index (χ4n) is 1.07. The van der Waals surface area contributed by atoms with Gasteiger partial charge in [0.05, 0.1) is 12.3 Å². The predicted molar refractivity (Wildman–Crippen MR) is 49.1 cm³/mol. The Bertz CT molecular complexity index is 382. The number of ether oxygens (including phenoxy) is 1. The van der Waals surface area contributed by atoms with Crippen molar-refractivity contribution in [3.05, 3.63) is 17.3 Å². The minimum absolute atomic E-state index is 0.0523. The molecule has 0 aliphatic rings. The molecule has 1 heterocycles. The van der Waals surface area contributed by atoms with Crippen molar-refractivity contribution < 1.29 is 23.0 Å². The molecule has 5 nitrogen and oxygen atoms in total. The van der Waals surface area contributed by atoms with Gasteiger partial charge in [0.25, 0.3) is 0 Å². The number of halogens is 3. The summed E-state index contributed by atoms with van der Waals surface area (Å²) in [4.78, 5) is 3.61. The molecule has 5 N–H and O–H groups in total. The zero-order valence-electron chi connectivity index (χ0n) is 8.08. The van der Waals surface area contributed by atoms with E-state index in [9.17, 15) is 13.2 Å². The highest BCUT2D eigenvalue weighted by molar-refractivity contribution is 5.46. The van der Waals surface area contributed by atoms with Gasteiger partial charge in [-0.3, -0.25) is 0 Å². The highest BCUT2D eigenvalue weighted by Gasteiger charge is 2.32. The number of anilines is 1. The number of nitrogens with zero attached hydrogens (tertiary/aromatic N) is 1. The third-order valence-corrected chi connectivity index (χ3v) is 1.76. The Kier molecular flexibility index (Phi) is 3.55. The van der Waals surface area contributed by atoms with E-state index in [0.717, 1.165) is 6.07 Å². The lowest BCUT2D eigenvalue weighted by Gasteiger charge is -2.13. The lowest BCUT2D eigenvalue weighted by molar-refractivity contribution is -0.275. The zero-order chi connectivity index (χ0) is 12.3. The maximum Gasteiger partial charge on any atom is 0.573 e. The average molecular weight is 237 g/mol. The normalized spacial score (nSPS) is 11.6. The molecule has 0 fully saturated rings. The summed E-state index contributed by atoms with van der Waals surface area (Å²) in [5.74, 6) is -0.620. The first-order valence-corrected chi connectivity index (χ1v) is 4.22. The molecule has 0 radical (unpaired) electrons. The summed E-state index contributed by atoms with van der Waals surface area (Å²) in [6.07, 6.45) is -4.84. The van der Waals surface area contributed by atoms with E-state index >= 15 is 0 Å². The van der Waals surface area contributed by atoms with Crippen molar-refractivity contribution in [2.75, 3.05) is 5.73 Å². The largest absolute Gasteiger partial charge is 0.573 e. The van der Waals surface area contributed by atoms with Crippen LogP contribution in [0.15, 0.2) is 6.07 Å². The van der Waals surface area contributed by atoms with Crippen LogP contribution in [-0.4, -0.2) is 16.5 Å². The smallest absolute Gasteiger partial charge is 0.404 e. The Morgan fingerprint density at radius 3 is 2.50 bits per heavy atom. The molecule has 0 atom stereocenters.